The summed E-state index contributed by atoms with van der Waals surface area (Å²) in [5, 5.41) is 7.60. The number of esters is 1. The molecule has 0 aromatic rings. The van der Waals surface area contributed by atoms with E-state index in [1.807, 2.05) is 0 Å². The minimum Gasteiger partial charge on any atom is -0.478 e. The number of rotatable bonds is 3. The Balaban J connectivity index is 0.000000252. The van der Waals surface area contributed by atoms with Gasteiger partial charge in [-0.25, -0.2) is 4.79 Å². The molecular weight excluding hydrogens is 176 g/mol. The number of aliphatic carboxylic acids is 1. The van der Waals surface area contributed by atoms with Crippen LogP contribution >= 0.6 is 0 Å². The molecule has 0 aromatic heterocycles. The average Bonchev–Trinajstić information content (AvgIpc) is 2.85. The molecule has 1 N–H and O–H groups in total. The van der Waals surface area contributed by atoms with Crippen molar-refractivity contribution in [1.29, 1.82) is 0 Å². The van der Waals surface area contributed by atoms with Crippen molar-refractivity contribution >= 4 is 11.9 Å². The van der Waals surface area contributed by atoms with Crippen LogP contribution in [-0.2, 0) is 19.1 Å². The van der Waals surface area contributed by atoms with Crippen LogP contribution < -0.4 is 0 Å². The molecule has 74 valence electrons. The zero-order valence-corrected chi connectivity index (χ0v) is 7.36. The van der Waals surface area contributed by atoms with Gasteiger partial charge in [0.05, 0.1) is 6.61 Å². The van der Waals surface area contributed by atoms with E-state index < -0.39 is 5.97 Å². The molecule has 5 nitrogen and oxygen atoms in total. The quantitative estimate of drug-likeness (QED) is 0.389. The minimum atomic E-state index is -0.981. The van der Waals surface area contributed by atoms with Crippen molar-refractivity contribution in [3.05, 3.63) is 12.7 Å². The van der Waals surface area contributed by atoms with Gasteiger partial charge in [-0.15, -0.1) is 0 Å². The summed E-state index contributed by atoms with van der Waals surface area (Å²) in [7, 11) is 0. The van der Waals surface area contributed by atoms with Gasteiger partial charge in [0.25, 0.3) is 0 Å². The van der Waals surface area contributed by atoms with E-state index in [4.69, 9.17) is 9.84 Å². The Kier molecular flexibility index (Phi) is 5.54. The van der Waals surface area contributed by atoms with Gasteiger partial charge in [-0.05, 0) is 0 Å². The average molecular weight is 188 g/mol. The highest BCUT2D eigenvalue weighted by molar-refractivity contribution is 5.78. The number of hydrogen-bond acceptors (Lipinski definition) is 4. The topological polar surface area (TPSA) is 76.1 Å². The van der Waals surface area contributed by atoms with Crippen LogP contribution in [0.4, 0.5) is 0 Å². The molecule has 0 bridgehead atoms. The number of carboxylic acids is 1. The van der Waals surface area contributed by atoms with Crippen LogP contribution in [0.3, 0.4) is 0 Å². The standard InChI is InChI=1S/C5H8O3.C3H4O2/c1-4(6)7-2-5-3-8-5;1-2-3(4)5/h5H,2-3H2,1H3;2H,1H2,(H,4,5). The lowest BCUT2D eigenvalue weighted by atomic mass is 10.5. The smallest absolute Gasteiger partial charge is 0.327 e. The molecule has 0 aliphatic carbocycles. The predicted molar refractivity (Wildman–Crippen MR) is 44.2 cm³/mol. The Morgan fingerprint density at radius 3 is 2.46 bits per heavy atom. The summed E-state index contributed by atoms with van der Waals surface area (Å²) in [4.78, 5) is 19.3. The van der Waals surface area contributed by atoms with Crippen molar-refractivity contribution in [1.82, 2.24) is 0 Å². The Hall–Kier alpha value is -1.36. The van der Waals surface area contributed by atoms with Gasteiger partial charge in [0.1, 0.15) is 12.7 Å². The molecule has 1 unspecified atom stereocenters. The summed E-state index contributed by atoms with van der Waals surface area (Å²) in [6, 6.07) is 0. The van der Waals surface area contributed by atoms with Crippen LogP contribution in [0.1, 0.15) is 6.92 Å². The third-order valence-electron chi connectivity index (χ3n) is 1.05. The van der Waals surface area contributed by atoms with E-state index in [9.17, 15) is 9.59 Å². The van der Waals surface area contributed by atoms with Gasteiger partial charge >= 0.3 is 11.9 Å². The maximum absolute atomic E-state index is 10.1. The first-order valence-electron chi connectivity index (χ1n) is 3.66. The van der Waals surface area contributed by atoms with Gasteiger partial charge < -0.3 is 14.6 Å². The highest BCUT2D eigenvalue weighted by atomic mass is 16.6. The van der Waals surface area contributed by atoms with Crippen LogP contribution in [0.2, 0.25) is 0 Å². The van der Waals surface area contributed by atoms with Gasteiger partial charge in [0, 0.05) is 13.0 Å². The van der Waals surface area contributed by atoms with Crippen molar-refractivity contribution in [2.24, 2.45) is 0 Å². The molecule has 13 heavy (non-hydrogen) atoms. The van der Waals surface area contributed by atoms with E-state index in [2.05, 4.69) is 11.3 Å². The molecule has 0 saturated carbocycles. The lowest BCUT2D eigenvalue weighted by Gasteiger charge is -1.93. The monoisotopic (exact) mass is 188 g/mol. The van der Waals surface area contributed by atoms with Gasteiger partial charge in [-0.3, -0.25) is 4.79 Å². The van der Waals surface area contributed by atoms with Crippen molar-refractivity contribution in [2.75, 3.05) is 13.2 Å². The first-order valence-corrected chi connectivity index (χ1v) is 3.66. The Morgan fingerprint density at radius 2 is 2.23 bits per heavy atom. The molecule has 0 amide bonds. The summed E-state index contributed by atoms with van der Waals surface area (Å²) in [6.45, 7) is 5.52. The van der Waals surface area contributed by atoms with E-state index in [0.29, 0.717) is 6.61 Å². The predicted octanol–water partition coefficient (Wildman–Crippen LogP) is 0.205. The van der Waals surface area contributed by atoms with E-state index in [0.717, 1.165) is 12.7 Å². The molecule has 1 fully saturated rings. The number of hydrogen-bond donors (Lipinski definition) is 1. The molecule has 0 radical (unpaired) electrons. The van der Waals surface area contributed by atoms with Crippen molar-refractivity contribution in [3.8, 4) is 0 Å². The van der Waals surface area contributed by atoms with Crippen molar-refractivity contribution < 1.29 is 24.2 Å². The molecule has 5 heteroatoms. The normalized spacial score (nSPS) is 17.8. The largest absolute Gasteiger partial charge is 0.478 e. The molecule has 1 aliphatic rings. The second-order valence-corrected chi connectivity index (χ2v) is 2.30. The van der Waals surface area contributed by atoms with Gasteiger partial charge in [0.2, 0.25) is 0 Å². The highest BCUT2D eigenvalue weighted by Crippen LogP contribution is 2.07. The fourth-order valence-electron chi connectivity index (χ4n) is 0.375. The highest BCUT2D eigenvalue weighted by Gasteiger charge is 2.23. The first-order chi connectivity index (χ1) is 6.06. The first kappa shape index (κ1) is 11.6. The number of ether oxygens (including phenoxy) is 2. The maximum atomic E-state index is 10.1. The summed E-state index contributed by atoms with van der Waals surface area (Å²) in [6.07, 6.45) is 1.03. The third kappa shape index (κ3) is 10.6. The van der Waals surface area contributed by atoms with E-state index in [-0.39, 0.29) is 12.1 Å². The number of carboxylic acid groups (broad SMARTS) is 1. The Bertz CT molecular complexity index is 195. The minimum absolute atomic E-state index is 0.193. The second kappa shape index (κ2) is 6.19. The fraction of sp³-hybridized carbons (Fsp3) is 0.500. The maximum Gasteiger partial charge on any atom is 0.327 e. The number of carbonyl (C=O) groups is 2. The zero-order chi connectivity index (χ0) is 10.3. The van der Waals surface area contributed by atoms with Crippen LogP contribution in [0, 0.1) is 0 Å². The molecule has 0 spiro atoms. The summed E-state index contributed by atoms with van der Waals surface area (Å²) in [5.41, 5.74) is 0. The third-order valence-corrected chi connectivity index (χ3v) is 1.05. The molecule has 1 heterocycles. The van der Waals surface area contributed by atoms with Crippen molar-refractivity contribution in [3.63, 3.8) is 0 Å². The molecule has 1 rings (SSSR count). The van der Waals surface area contributed by atoms with E-state index in [1.165, 1.54) is 6.92 Å². The fourth-order valence-corrected chi connectivity index (χ4v) is 0.375. The lowest BCUT2D eigenvalue weighted by Crippen LogP contribution is -2.05. The second-order valence-electron chi connectivity index (χ2n) is 2.30. The number of epoxide rings is 1. The van der Waals surface area contributed by atoms with Crippen LogP contribution in [0.5, 0.6) is 0 Å². The van der Waals surface area contributed by atoms with Gasteiger partial charge in [-0.1, -0.05) is 6.58 Å². The summed E-state index contributed by atoms with van der Waals surface area (Å²) < 4.78 is 9.38. The van der Waals surface area contributed by atoms with Crippen LogP contribution in [-0.4, -0.2) is 36.4 Å². The van der Waals surface area contributed by atoms with E-state index >= 15 is 0 Å². The molecular formula is C8H12O5. The van der Waals surface area contributed by atoms with Crippen LogP contribution in [0.15, 0.2) is 12.7 Å². The number of carbonyl (C=O) groups excluding carboxylic acids is 1. The Labute approximate surface area is 75.9 Å². The van der Waals surface area contributed by atoms with Crippen LogP contribution in [0.25, 0.3) is 0 Å². The summed E-state index contributed by atoms with van der Waals surface area (Å²) >= 11 is 0. The SMILES string of the molecule is C=CC(=O)O.CC(=O)OCC1CO1. The van der Waals surface area contributed by atoms with E-state index in [1.54, 1.807) is 0 Å². The molecule has 1 atom stereocenters. The molecule has 1 aliphatic heterocycles. The Morgan fingerprint density at radius 1 is 1.77 bits per heavy atom. The van der Waals surface area contributed by atoms with Gasteiger partial charge in [-0.2, -0.15) is 0 Å². The van der Waals surface area contributed by atoms with Gasteiger partial charge in [0.15, 0.2) is 0 Å². The summed E-state index contributed by atoms with van der Waals surface area (Å²) in [5.74, 6) is -1.22. The lowest BCUT2D eigenvalue weighted by molar-refractivity contribution is -0.141. The molecule has 0 aromatic carbocycles. The molecule has 1 saturated heterocycles. The van der Waals surface area contributed by atoms with Crippen molar-refractivity contribution in [2.45, 2.75) is 13.0 Å². The zero-order valence-electron chi connectivity index (χ0n) is 7.36.